The van der Waals surface area contributed by atoms with Crippen molar-refractivity contribution in [2.75, 3.05) is 5.32 Å². The molecule has 0 aliphatic carbocycles. The predicted octanol–water partition coefficient (Wildman–Crippen LogP) is 2.37. The van der Waals surface area contributed by atoms with Crippen LogP contribution in [-0.4, -0.2) is 16.2 Å². The number of aryl methyl sites for hydroxylation is 1. The van der Waals surface area contributed by atoms with Crippen molar-refractivity contribution in [3.05, 3.63) is 30.0 Å². The molecule has 3 heteroatoms. The predicted molar refractivity (Wildman–Crippen MR) is 66.2 cm³/mol. The van der Waals surface area contributed by atoms with Crippen LogP contribution < -0.4 is 5.32 Å². The molecule has 1 aromatic carbocycles. The van der Waals surface area contributed by atoms with E-state index in [1.54, 1.807) is 0 Å². The quantitative estimate of drug-likeness (QED) is 0.775. The lowest BCUT2D eigenvalue weighted by atomic mass is 10.1. The minimum absolute atomic E-state index is 0.0552. The van der Waals surface area contributed by atoms with Crippen LogP contribution in [0.5, 0.6) is 0 Å². The van der Waals surface area contributed by atoms with E-state index in [4.69, 9.17) is 6.42 Å². The number of benzene rings is 1. The number of terminal acetylenes is 1. The molecule has 2 rings (SSSR count). The molecular weight excluding hydrogens is 198 g/mol. The molecule has 80 valence electrons. The van der Waals surface area contributed by atoms with Gasteiger partial charge in [-0.3, -0.25) is 0 Å². The normalized spacial score (nSPS) is 12.1. The lowest BCUT2D eigenvalue weighted by Gasteiger charge is -2.11. The van der Waals surface area contributed by atoms with E-state index in [2.05, 4.69) is 21.4 Å². The van der Waals surface area contributed by atoms with Crippen LogP contribution >= 0.6 is 0 Å². The van der Waals surface area contributed by atoms with Crippen molar-refractivity contribution in [1.82, 2.24) is 10.2 Å². The van der Waals surface area contributed by atoms with Crippen molar-refractivity contribution in [3.63, 3.8) is 0 Å². The summed E-state index contributed by atoms with van der Waals surface area (Å²) in [5.74, 6) is 3.36. The zero-order chi connectivity index (χ0) is 11.5. The van der Waals surface area contributed by atoms with Crippen molar-refractivity contribution in [3.8, 4) is 12.3 Å². The fourth-order valence-electron chi connectivity index (χ4n) is 1.59. The Morgan fingerprint density at radius 2 is 1.94 bits per heavy atom. The highest BCUT2D eigenvalue weighted by Crippen LogP contribution is 2.22. The number of nitrogens with one attached hydrogen (secondary N) is 1. The zero-order valence-electron chi connectivity index (χ0n) is 9.36. The Kier molecular flexibility index (Phi) is 2.74. The third-order valence-electron chi connectivity index (χ3n) is 2.48. The van der Waals surface area contributed by atoms with Gasteiger partial charge in [0.25, 0.3) is 0 Å². The summed E-state index contributed by atoms with van der Waals surface area (Å²) in [6.45, 7) is 3.86. The van der Waals surface area contributed by atoms with E-state index in [0.717, 1.165) is 22.3 Å². The summed E-state index contributed by atoms with van der Waals surface area (Å²) >= 11 is 0. The van der Waals surface area contributed by atoms with Gasteiger partial charge in [-0.25, -0.2) is 0 Å². The maximum atomic E-state index is 5.33. The Morgan fingerprint density at radius 3 is 2.62 bits per heavy atom. The van der Waals surface area contributed by atoms with Gasteiger partial charge in [-0.2, -0.15) is 5.10 Å². The van der Waals surface area contributed by atoms with Crippen LogP contribution in [0.4, 0.5) is 5.82 Å². The summed E-state index contributed by atoms with van der Waals surface area (Å²) < 4.78 is 0. The monoisotopic (exact) mass is 211 g/mol. The molecule has 0 radical (unpaired) electrons. The number of hydrogen-bond acceptors (Lipinski definition) is 3. The van der Waals surface area contributed by atoms with Gasteiger partial charge in [0.05, 0.1) is 11.7 Å². The first-order valence-electron chi connectivity index (χ1n) is 5.17. The number of rotatable bonds is 2. The van der Waals surface area contributed by atoms with Crippen LogP contribution in [0.3, 0.4) is 0 Å². The Balaban J connectivity index is 2.55. The molecule has 0 aliphatic heterocycles. The van der Waals surface area contributed by atoms with E-state index >= 15 is 0 Å². The zero-order valence-corrected chi connectivity index (χ0v) is 9.36. The molecule has 1 N–H and O–H groups in total. The smallest absolute Gasteiger partial charge is 0.157 e. The molecule has 0 bridgehead atoms. The SMILES string of the molecule is C#CC(C)Nc1nnc(C)c2ccccc12. The van der Waals surface area contributed by atoms with Crippen molar-refractivity contribution < 1.29 is 0 Å². The average molecular weight is 211 g/mol. The molecule has 1 heterocycles. The highest BCUT2D eigenvalue weighted by molar-refractivity contribution is 5.92. The van der Waals surface area contributed by atoms with Crippen LogP contribution in [0.25, 0.3) is 10.8 Å². The van der Waals surface area contributed by atoms with Crippen LogP contribution in [0.1, 0.15) is 12.6 Å². The maximum Gasteiger partial charge on any atom is 0.157 e. The highest BCUT2D eigenvalue weighted by Gasteiger charge is 2.07. The van der Waals surface area contributed by atoms with Crippen LogP contribution in [0.2, 0.25) is 0 Å². The minimum Gasteiger partial charge on any atom is -0.355 e. The fraction of sp³-hybridized carbons (Fsp3) is 0.231. The van der Waals surface area contributed by atoms with Crippen LogP contribution in [-0.2, 0) is 0 Å². The minimum atomic E-state index is -0.0552. The lowest BCUT2D eigenvalue weighted by Crippen LogP contribution is -2.14. The topological polar surface area (TPSA) is 37.8 Å². The summed E-state index contributed by atoms with van der Waals surface area (Å²) in [5, 5.41) is 13.6. The second-order valence-electron chi connectivity index (χ2n) is 3.71. The molecule has 3 nitrogen and oxygen atoms in total. The molecule has 16 heavy (non-hydrogen) atoms. The fourth-order valence-corrected chi connectivity index (χ4v) is 1.59. The molecular formula is C13H13N3. The average Bonchev–Trinajstić information content (AvgIpc) is 2.33. The van der Waals surface area contributed by atoms with Gasteiger partial charge in [-0.15, -0.1) is 11.5 Å². The van der Waals surface area contributed by atoms with Crippen molar-refractivity contribution in [1.29, 1.82) is 0 Å². The summed E-state index contributed by atoms with van der Waals surface area (Å²) in [6.07, 6.45) is 5.33. The largest absolute Gasteiger partial charge is 0.355 e. The second kappa shape index (κ2) is 4.19. The summed E-state index contributed by atoms with van der Waals surface area (Å²) in [6, 6.07) is 7.97. The van der Waals surface area contributed by atoms with Gasteiger partial charge < -0.3 is 5.32 Å². The van der Waals surface area contributed by atoms with Crippen molar-refractivity contribution in [2.24, 2.45) is 0 Å². The third kappa shape index (κ3) is 1.82. The summed E-state index contributed by atoms with van der Waals surface area (Å²) in [4.78, 5) is 0. The highest BCUT2D eigenvalue weighted by atomic mass is 15.2. The number of fused-ring (bicyclic) bond motifs is 1. The number of aromatic nitrogens is 2. The first kappa shape index (κ1) is 10.4. The van der Waals surface area contributed by atoms with Crippen molar-refractivity contribution in [2.45, 2.75) is 19.9 Å². The Bertz CT molecular complexity index is 555. The molecule has 2 aromatic rings. The number of nitrogens with zero attached hydrogens (tertiary/aromatic N) is 2. The standard InChI is InChI=1S/C13H13N3/c1-4-9(2)14-13-12-8-6-5-7-11(12)10(3)15-16-13/h1,5-9H,2-3H3,(H,14,16). The van der Waals surface area contributed by atoms with E-state index in [9.17, 15) is 0 Å². The summed E-state index contributed by atoms with van der Waals surface area (Å²) in [7, 11) is 0. The van der Waals surface area contributed by atoms with E-state index in [1.807, 2.05) is 38.1 Å². The molecule has 0 aliphatic rings. The van der Waals surface area contributed by atoms with E-state index < -0.39 is 0 Å². The molecule has 0 spiro atoms. The third-order valence-corrected chi connectivity index (χ3v) is 2.48. The van der Waals surface area contributed by atoms with Gasteiger partial charge in [0.2, 0.25) is 0 Å². The van der Waals surface area contributed by atoms with Gasteiger partial charge in [-0.05, 0) is 13.8 Å². The Hall–Kier alpha value is -2.08. The first-order chi connectivity index (χ1) is 7.72. The summed E-state index contributed by atoms with van der Waals surface area (Å²) in [5.41, 5.74) is 0.925. The van der Waals surface area contributed by atoms with Gasteiger partial charge in [-0.1, -0.05) is 30.2 Å². The van der Waals surface area contributed by atoms with Gasteiger partial charge >= 0.3 is 0 Å². The second-order valence-corrected chi connectivity index (χ2v) is 3.71. The molecule has 1 aromatic heterocycles. The van der Waals surface area contributed by atoms with Gasteiger partial charge in [0.1, 0.15) is 0 Å². The van der Waals surface area contributed by atoms with E-state index in [0.29, 0.717) is 0 Å². The molecule has 1 atom stereocenters. The number of anilines is 1. The van der Waals surface area contributed by atoms with Crippen LogP contribution in [0, 0.1) is 19.3 Å². The number of hydrogen-bond donors (Lipinski definition) is 1. The molecule has 1 unspecified atom stereocenters. The Labute approximate surface area is 94.9 Å². The van der Waals surface area contributed by atoms with Crippen molar-refractivity contribution >= 4 is 16.6 Å². The molecule has 0 amide bonds. The van der Waals surface area contributed by atoms with Gasteiger partial charge in [0.15, 0.2) is 5.82 Å². The maximum absolute atomic E-state index is 5.33. The lowest BCUT2D eigenvalue weighted by molar-refractivity contribution is 0.955. The molecule has 0 fully saturated rings. The molecule has 0 saturated heterocycles. The Morgan fingerprint density at radius 1 is 1.25 bits per heavy atom. The van der Waals surface area contributed by atoms with Gasteiger partial charge in [0, 0.05) is 10.8 Å². The van der Waals surface area contributed by atoms with E-state index in [1.165, 1.54) is 0 Å². The van der Waals surface area contributed by atoms with E-state index in [-0.39, 0.29) is 6.04 Å². The molecule has 0 saturated carbocycles. The van der Waals surface area contributed by atoms with Crippen LogP contribution in [0.15, 0.2) is 24.3 Å². The first-order valence-corrected chi connectivity index (χ1v) is 5.17.